The molecular weight excluding hydrogens is 324 g/mol. The molecule has 0 fully saturated rings. The zero-order valence-electron chi connectivity index (χ0n) is 13.6. The van der Waals surface area contributed by atoms with E-state index in [1.807, 2.05) is 24.5 Å². The highest BCUT2D eigenvalue weighted by Gasteiger charge is 2.31. The molecule has 6 heteroatoms. The second-order valence-corrected chi connectivity index (χ2v) is 6.69. The van der Waals surface area contributed by atoms with Gasteiger partial charge in [0, 0.05) is 18.0 Å². The molecule has 0 bridgehead atoms. The maximum Gasteiger partial charge on any atom is 0.282 e. The van der Waals surface area contributed by atoms with Crippen LogP contribution < -0.4 is 0 Å². The number of amides is 1. The predicted molar refractivity (Wildman–Crippen MR) is 94.5 cm³/mol. The first kappa shape index (κ1) is 16.5. The average molecular weight is 342 g/mol. The molecule has 5 nitrogen and oxygen atoms in total. The van der Waals surface area contributed by atoms with Gasteiger partial charge in [0.15, 0.2) is 0 Å². The Morgan fingerprint density at radius 1 is 1.29 bits per heavy atom. The molecule has 0 N–H and O–H groups in total. The summed E-state index contributed by atoms with van der Waals surface area (Å²) in [6.07, 6.45) is 3.65. The number of nitro groups is 1. The fourth-order valence-electron chi connectivity index (χ4n) is 3.24. The van der Waals surface area contributed by atoms with Crippen molar-refractivity contribution in [2.24, 2.45) is 0 Å². The van der Waals surface area contributed by atoms with E-state index in [0.29, 0.717) is 0 Å². The second-order valence-electron chi connectivity index (χ2n) is 5.81. The first-order chi connectivity index (χ1) is 11.5. The SMILES string of the molecule is CSc1ccc([N+](=O)[O-])c(C(=O)N(C)C2CCc3ccccc32)c1. The quantitative estimate of drug-likeness (QED) is 0.477. The van der Waals surface area contributed by atoms with Gasteiger partial charge < -0.3 is 4.90 Å². The third-order valence-corrected chi connectivity index (χ3v) is 5.25. The summed E-state index contributed by atoms with van der Waals surface area (Å²) in [5.41, 5.74) is 2.39. The number of thioether (sulfide) groups is 1. The summed E-state index contributed by atoms with van der Waals surface area (Å²) in [4.78, 5) is 26.2. The molecule has 0 aliphatic heterocycles. The number of rotatable bonds is 4. The lowest BCUT2D eigenvalue weighted by molar-refractivity contribution is -0.385. The lowest BCUT2D eigenvalue weighted by Crippen LogP contribution is -2.30. The van der Waals surface area contributed by atoms with Crippen molar-refractivity contribution >= 4 is 23.4 Å². The zero-order valence-corrected chi connectivity index (χ0v) is 14.4. The Hall–Kier alpha value is -2.34. The summed E-state index contributed by atoms with van der Waals surface area (Å²) >= 11 is 1.46. The van der Waals surface area contributed by atoms with Gasteiger partial charge in [-0.3, -0.25) is 14.9 Å². The van der Waals surface area contributed by atoms with Gasteiger partial charge in [-0.1, -0.05) is 24.3 Å². The van der Waals surface area contributed by atoms with E-state index in [9.17, 15) is 14.9 Å². The van der Waals surface area contributed by atoms with Crippen molar-refractivity contribution in [3.05, 3.63) is 69.3 Å². The van der Waals surface area contributed by atoms with Crippen LogP contribution in [-0.2, 0) is 6.42 Å². The number of hydrogen-bond acceptors (Lipinski definition) is 4. The maximum absolute atomic E-state index is 12.9. The highest BCUT2D eigenvalue weighted by molar-refractivity contribution is 7.98. The second kappa shape index (κ2) is 6.65. The van der Waals surface area contributed by atoms with Crippen LogP contribution in [0.2, 0.25) is 0 Å². The van der Waals surface area contributed by atoms with Crippen LogP contribution in [0.1, 0.15) is 33.9 Å². The number of benzene rings is 2. The smallest absolute Gasteiger partial charge is 0.282 e. The Morgan fingerprint density at radius 3 is 2.75 bits per heavy atom. The standard InChI is InChI=1S/C18H18N2O3S/c1-19(16-9-7-12-5-3-4-6-14(12)16)18(21)15-11-13(24-2)8-10-17(15)20(22)23/h3-6,8,10-11,16H,7,9H2,1-2H3. The van der Waals surface area contributed by atoms with Crippen LogP contribution in [0.3, 0.4) is 0 Å². The van der Waals surface area contributed by atoms with Crippen molar-refractivity contribution in [1.82, 2.24) is 4.90 Å². The normalized spacial score (nSPS) is 15.8. The van der Waals surface area contributed by atoms with Gasteiger partial charge in [-0.25, -0.2) is 0 Å². The van der Waals surface area contributed by atoms with Crippen molar-refractivity contribution in [2.45, 2.75) is 23.8 Å². The minimum absolute atomic E-state index is 0.0359. The lowest BCUT2D eigenvalue weighted by atomic mass is 10.1. The number of fused-ring (bicyclic) bond motifs is 1. The Kier molecular flexibility index (Phi) is 4.57. The van der Waals surface area contributed by atoms with E-state index in [1.54, 1.807) is 24.1 Å². The fourth-order valence-corrected chi connectivity index (χ4v) is 3.68. The number of aryl methyl sites for hydroxylation is 1. The van der Waals surface area contributed by atoms with Crippen molar-refractivity contribution in [3.8, 4) is 0 Å². The van der Waals surface area contributed by atoms with Gasteiger partial charge in [-0.2, -0.15) is 0 Å². The van der Waals surface area contributed by atoms with Crippen molar-refractivity contribution < 1.29 is 9.72 Å². The molecule has 0 heterocycles. The molecule has 0 saturated carbocycles. The number of carbonyl (C=O) groups excluding carboxylic acids is 1. The van der Waals surface area contributed by atoms with E-state index in [0.717, 1.165) is 23.3 Å². The maximum atomic E-state index is 12.9. The molecule has 124 valence electrons. The van der Waals surface area contributed by atoms with Crippen molar-refractivity contribution in [2.75, 3.05) is 13.3 Å². The first-order valence-corrected chi connectivity index (χ1v) is 8.92. The number of nitro benzene ring substituents is 1. The monoisotopic (exact) mass is 342 g/mol. The number of nitrogens with zero attached hydrogens (tertiary/aromatic N) is 2. The molecule has 1 unspecified atom stereocenters. The van der Waals surface area contributed by atoms with Crippen LogP contribution in [0.4, 0.5) is 5.69 Å². The molecule has 0 saturated heterocycles. The Bertz CT molecular complexity index is 807. The topological polar surface area (TPSA) is 63.5 Å². The average Bonchev–Trinajstić information content (AvgIpc) is 3.03. The molecule has 3 rings (SSSR count). The Labute approximate surface area is 144 Å². The molecular formula is C18H18N2O3S. The predicted octanol–water partition coefficient (Wildman–Crippen LogP) is 4.08. The molecule has 24 heavy (non-hydrogen) atoms. The largest absolute Gasteiger partial charge is 0.334 e. The molecule has 0 radical (unpaired) electrons. The third-order valence-electron chi connectivity index (χ3n) is 4.52. The van der Waals surface area contributed by atoms with E-state index in [1.165, 1.54) is 23.4 Å². The number of carbonyl (C=O) groups is 1. The highest BCUT2D eigenvalue weighted by Crippen LogP contribution is 2.36. The molecule has 1 atom stereocenters. The molecule has 2 aromatic carbocycles. The van der Waals surface area contributed by atoms with E-state index < -0.39 is 4.92 Å². The van der Waals surface area contributed by atoms with Crippen LogP contribution in [0, 0.1) is 10.1 Å². The summed E-state index contributed by atoms with van der Waals surface area (Å²) in [5.74, 6) is -0.306. The summed E-state index contributed by atoms with van der Waals surface area (Å²) < 4.78 is 0. The summed E-state index contributed by atoms with van der Waals surface area (Å²) in [5, 5.41) is 11.3. The van der Waals surface area contributed by atoms with Gasteiger partial charge in [-0.15, -0.1) is 11.8 Å². The van der Waals surface area contributed by atoms with Crippen LogP contribution in [0.25, 0.3) is 0 Å². The zero-order chi connectivity index (χ0) is 17.3. The van der Waals surface area contributed by atoms with Crippen molar-refractivity contribution in [1.29, 1.82) is 0 Å². The Morgan fingerprint density at radius 2 is 2.04 bits per heavy atom. The van der Waals surface area contributed by atoms with E-state index in [4.69, 9.17) is 0 Å². The van der Waals surface area contributed by atoms with E-state index in [-0.39, 0.29) is 23.2 Å². The molecule has 1 aliphatic carbocycles. The van der Waals surface area contributed by atoms with Crippen LogP contribution in [0.15, 0.2) is 47.4 Å². The van der Waals surface area contributed by atoms with Crippen molar-refractivity contribution in [3.63, 3.8) is 0 Å². The highest BCUT2D eigenvalue weighted by atomic mass is 32.2. The molecule has 0 aromatic heterocycles. The van der Waals surface area contributed by atoms with Crippen LogP contribution in [-0.4, -0.2) is 29.0 Å². The first-order valence-electron chi connectivity index (χ1n) is 7.70. The van der Waals surface area contributed by atoms with Gasteiger partial charge in [0.05, 0.1) is 11.0 Å². The molecule has 1 aliphatic rings. The molecule has 2 aromatic rings. The van der Waals surface area contributed by atoms with E-state index >= 15 is 0 Å². The Balaban J connectivity index is 1.96. The third kappa shape index (κ3) is 2.89. The lowest BCUT2D eigenvalue weighted by Gasteiger charge is -2.25. The van der Waals surface area contributed by atoms with Gasteiger partial charge in [0.2, 0.25) is 0 Å². The summed E-state index contributed by atoms with van der Waals surface area (Å²) in [7, 11) is 1.73. The summed E-state index contributed by atoms with van der Waals surface area (Å²) in [6.45, 7) is 0. The van der Waals surface area contributed by atoms with Gasteiger partial charge in [-0.05, 0) is 42.4 Å². The fraction of sp³-hybridized carbons (Fsp3) is 0.278. The minimum Gasteiger partial charge on any atom is -0.334 e. The van der Waals surface area contributed by atoms with E-state index in [2.05, 4.69) is 6.07 Å². The molecule has 0 spiro atoms. The minimum atomic E-state index is -0.492. The number of hydrogen-bond donors (Lipinski definition) is 0. The van der Waals surface area contributed by atoms with Gasteiger partial charge in [0.25, 0.3) is 11.6 Å². The van der Waals surface area contributed by atoms with Gasteiger partial charge >= 0.3 is 0 Å². The van der Waals surface area contributed by atoms with Crippen LogP contribution >= 0.6 is 11.8 Å². The van der Waals surface area contributed by atoms with Crippen LogP contribution in [0.5, 0.6) is 0 Å². The molecule has 1 amide bonds. The van der Waals surface area contributed by atoms with Gasteiger partial charge in [0.1, 0.15) is 5.56 Å². The summed E-state index contributed by atoms with van der Waals surface area (Å²) in [6, 6.07) is 12.7.